The van der Waals surface area contributed by atoms with Gasteiger partial charge in [-0.05, 0) is 45.1 Å². The molecule has 0 radical (unpaired) electrons. The van der Waals surface area contributed by atoms with E-state index in [9.17, 15) is 9.90 Å². The first-order valence-corrected chi connectivity index (χ1v) is 6.02. The second kappa shape index (κ2) is 8.99. The molecule has 94 valence electrons. The Morgan fingerprint density at radius 1 is 1.35 bits per heavy atom. The van der Waals surface area contributed by atoms with Crippen LogP contribution < -0.4 is 24.0 Å². The Kier molecular flexibility index (Phi) is 8.98. The van der Waals surface area contributed by atoms with Gasteiger partial charge in [0.1, 0.15) is 0 Å². The smallest absolute Gasteiger partial charge is 0.550 e. The van der Waals surface area contributed by atoms with Gasteiger partial charge in [-0.25, -0.2) is 0 Å². The van der Waals surface area contributed by atoms with E-state index in [2.05, 4.69) is 11.9 Å². The van der Waals surface area contributed by atoms with Crippen LogP contribution >= 0.6 is 0 Å². The maximum Gasteiger partial charge on any atom is 1.00 e. The quantitative estimate of drug-likeness (QED) is 0.469. The van der Waals surface area contributed by atoms with Crippen LogP contribution in [0.5, 0.6) is 0 Å². The van der Waals surface area contributed by atoms with E-state index in [4.69, 9.17) is 4.74 Å². The minimum absolute atomic E-state index is 0. The van der Waals surface area contributed by atoms with Gasteiger partial charge in [0.15, 0.2) is 0 Å². The van der Waals surface area contributed by atoms with Crippen LogP contribution in [-0.4, -0.2) is 44.2 Å². The molecule has 0 atom stereocenters. The van der Waals surface area contributed by atoms with E-state index in [1.165, 1.54) is 0 Å². The Balaban J connectivity index is 0.00000256. The summed E-state index contributed by atoms with van der Waals surface area (Å²) in [5.41, 5.74) is 0. The van der Waals surface area contributed by atoms with Gasteiger partial charge in [0.25, 0.3) is 0 Å². The van der Waals surface area contributed by atoms with Crippen molar-refractivity contribution in [3.8, 4) is 0 Å². The van der Waals surface area contributed by atoms with Gasteiger partial charge in [0, 0.05) is 25.7 Å². The molecule has 1 aliphatic carbocycles. The maximum atomic E-state index is 10.5. The summed E-state index contributed by atoms with van der Waals surface area (Å²) in [6.07, 6.45) is 4.44. The number of likely N-dealkylation sites (N-methyl/N-ethyl adjacent to an activating group) is 1. The summed E-state index contributed by atoms with van der Waals surface area (Å²) >= 11 is 0. The van der Waals surface area contributed by atoms with E-state index in [-0.39, 0.29) is 25.3 Å². The van der Waals surface area contributed by atoms with Crippen LogP contribution in [-0.2, 0) is 9.53 Å². The van der Waals surface area contributed by atoms with Crippen LogP contribution in [0.15, 0.2) is 0 Å². The number of nitrogens with zero attached hydrogens (tertiary/aromatic N) is 1. The Bertz CT molecular complexity index is 218. The third kappa shape index (κ3) is 6.47. The van der Waals surface area contributed by atoms with Crippen molar-refractivity contribution in [1.82, 2.24) is 4.90 Å². The fraction of sp³-hybridized carbons (Fsp3) is 0.917. The van der Waals surface area contributed by atoms with Gasteiger partial charge < -0.3 is 19.5 Å². The molecule has 0 aromatic rings. The predicted molar refractivity (Wildman–Crippen MR) is 59.9 cm³/mol. The summed E-state index contributed by atoms with van der Waals surface area (Å²) in [7, 11) is 3.83. The average molecular weight is 235 g/mol. The molecule has 0 aromatic heterocycles. The Labute approximate surface area is 116 Å². The molecular weight excluding hydrogens is 213 g/mol. The minimum atomic E-state index is -0.906. The monoisotopic (exact) mass is 235 g/mol. The van der Waals surface area contributed by atoms with Crippen LogP contribution in [0.3, 0.4) is 0 Å². The fourth-order valence-corrected chi connectivity index (χ4v) is 2.44. The van der Waals surface area contributed by atoms with Gasteiger partial charge in [0.05, 0.1) is 6.61 Å². The van der Waals surface area contributed by atoms with E-state index < -0.39 is 5.97 Å². The molecule has 0 heterocycles. The van der Waals surface area contributed by atoms with Crippen molar-refractivity contribution in [2.45, 2.75) is 38.1 Å². The van der Waals surface area contributed by atoms with Crippen LogP contribution in [0.25, 0.3) is 0 Å². The number of hydrogen-bond donors (Lipinski definition) is 0. The molecule has 1 rings (SSSR count). The van der Waals surface area contributed by atoms with E-state index in [1.54, 1.807) is 7.11 Å². The molecule has 1 saturated carbocycles. The van der Waals surface area contributed by atoms with Crippen molar-refractivity contribution in [2.24, 2.45) is 5.92 Å². The Morgan fingerprint density at radius 3 is 2.41 bits per heavy atom. The van der Waals surface area contributed by atoms with Gasteiger partial charge in [-0.3, -0.25) is 0 Å². The third-order valence-electron chi connectivity index (χ3n) is 3.54. The van der Waals surface area contributed by atoms with Gasteiger partial charge >= 0.3 is 18.9 Å². The Morgan fingerprint density at radius 2 is 1.94 bits per heavy atom. The number of carbonyl (C=O) groups is 1. The number of rotatable bonds is 6. The predicted octanol–water partition coefficient (Wildman–Crippen LogP) is -2.73. The number of carboxylic acids is 1. The molecule has 5 heteroatoms. The summed E-state index contributed by atoms with van der Waals surface area (Å²) in [4.78, 5) is 12.8. The average Bonchev–Trinajstić information content (AvgIpc) is 2.26. The van der Waals surface area contributed by atoms with Crippen molar-refractivity contribution in [2.75, 3.05) is 27.3 Å². The molecule has 0 aliphatic heterocycles. The molecule has 1 fully saturated rings. The van der Waals surface area contributed by atoms with Crippen molar-refractivity contribution < 1.29 is 33.5 Å². The summed E-state index contributed by atoms with van der Waals surface area (Å²) in [6, 6.07) is 0.591. The van der Waals surface area contributed by atoms with E-state index >= 15 is 0 Å². The number of carbonyl (C=O) groups excluding carboxylic acids is 1. The number of hydrogen-bond acceptors (Lipinski definition) is 4. The number of aliphatic carboxylic acids is 1. The summed E-state index contributed by atoms with van der Waals surface area (Å²) < 4.78 is 5.05. The van der Waals surface area contributed by atoms with Crippen LogP contribution in [0.2, 0.25) is 0 Å². The van der Waals surface area contributed by atoms with E-state index in [0.29, 0.717) is 12.0 Å². The first-order chi connectivity index (χ1) is 7.63. The van der Waals surface area contributed by atoms with Crippen molar-refractivity contribution >= 4 is 5.97 Å². The molecule has 17 heavy (non-hydrogen) atoms. The molecular formula is C12H22LiNO3. The molecule has 0 unspecified atom stereocenters. The molecule has 0 N–H and O–H groups in total. The molecule has 1 aliphatic rings. The van der Waals surface area contributed by atoms with Gasteiger partial charge in [0.2, 0.25) is 0 Å². The molecule has 0 amide bonds. The normalized spacial score (nSPS) is 24.4. The van der Waals surface area contributed by atoms with Crippen LogP contribution in [0, 0.1) is 5.92 Å². The second-order valence-electron chi connectivity index (χ2n) is 4.72. The summed E-state index contributed by atoms with van der Waals surface area (Å²) in [5, 5.41) is 10.5. The molecule has 0 bridgehead atoms. The fourth-order valence-electron chi connectivity index (χ4n) is 2.44. The van der Waals surface area contributed by atoms with Gasteiger partial charge in [-0.2, -0.15) is 0 Å². The largest absolute Gasteiger partial charge is 1.00 e. The summed E-state index contributed by atoms with van der Waals surface area (Å²) in [5.74, 6) is -0.576. The Hall–Kier alpha value is -0.0126. The van der Waals surface area contributed by atoms with Crippen molar-refractivity contribution in [1.29, 1.82) is 0 Å². The standard InChI is InChI=1S/C12H23NO3.Li/c1-13(7-8-16-2)11-5-3-10(4-6-11)9-12(14)15;/h10-11H,3-9H2,1-2H3,(H,14,15);/q;+1/p-1/t10-,11-;. The van der Waals surface area contributed by atoms with Crippen molar-refractivity contribution in [3.05, 3.63) is 0 Å². The molecule has 4 nitrogen and oxygen atoms in total. The zero-order valence-corrected chi connectivity index (χ0v) is 11.3. The number of carboxylic acid groups (broad SMARTS) is 1. The molecule has 0 aromatic carbocycles. The first-order valence-electron chi connectivity index (χ1n) is 6.02. The zero-order valence-electron chi connectivity index (χ0n) is 11.3. The van der Waals surface area contributed by atoms with Gasteiger partial charge in [-0.15, -0.1) is 0 Å². The van der Waals surface area contributed by atoms with Crippen molar-refractivity contribution in [3.63, 3.8) is 0 Å². The van der Waals surface area contributed by atoms with E-state index in [1.807, 2.05) is 0 Å². The second-order valence-corrected chi connectivity index (χ2v) is 4.72. The van der Waals surface area contributed by atoms with Crippen LogP contribution in [0.4, 0.5) is 0 Å². The summed E-state index contributed by atoms with van der Waals surface area (Å²) in [6.45, 7) is 1.71. The van der Waals surface area contributed by atoms with Crippen LogP contribution in [0.1, 0.15) is 32.1 Å². The minimum Gasteiger partial charge on any atom is -0.550 e. The first kappa shape index (κ1) is 17.0. The zero-order chi connectivity index (χ0) is 12.0. The topological polar surface area (TPSA) is 52.6 Å². The number of methoxy groups -OCH3 is 1. The van der Waals surface area contributed by atoms with Gasteiger partial charge in [-0.1, -0.05) is 0 Å². The number of ether oxygens (including phenoxy) is 1. The molecule has 0 spiro atoms. The third-order valence-corrected chi connectivity index (χ3v) is 3.54. The molecule has 0 saturated heterocycles. The maximum absolute atomic E-state index is 10.5. The van der Waals surface area contributed by atoms with E-state index in [0.717, 1.165) is 38.8 Å². The SMILES string of the molecule is COCCN(C)[C@H]1CC[C@H](CC(=O)[O-])CC1.[Li+].